The first-order valence-corrected chi connectivity index (χ1v) is 5.20. The number of hydrogen-bond donors (Lipinski definition) is 1. The number of rotatable bonds is 3. The van der Waals surface area contributed by atoms with Crippen LogP contribution in [0.4, 0.5) is 0 Å². The Morgan fingerprint density at radius 2 is 2.22 bits per heavy atom. The van der Waals surface area contributed by atoms with Crippen molar-refractivity contribution in [3.05, 3.63) is 42.0 Å². The van der Waals surface area contributed by atoms with E-state index in [0.717, 1.165) is 5.52 Å². The highest BCUT2D eigenvalue weighted by molar-refractivity contribution is 5.84. The minimum absolute atomic E-state index is 0.105. The summed E-state index contributed by atoms with van der Waals surface area (Å²) in [5.41, 5.74) is 1.34. The zero-order valence-corrected chi connectivity index (χ0v) is 9.15. The Balaban J connectivity index is 1.88. The van der Waals surface area contributed by atoms with E-state index in [1.807, 2.05) is 24.3 Å². The van der Waals surface area contributed by atoms with Gasteiger partial charge in [-0.05, 0) is 12.1 Å². The number of benzene rings is 1. The molecule has 0 saturated carbocycles. The van der Waals surface area contributed by atoms with Gasteiger partial charge in [0.25, 0.3) is 0 Å². The van der Waals surface area contributed by atoms with Crippen LogP contribution in [0.3, 0.4) is 0 Å². The first kappa shape index (κ1) is 10.5. The predicted octanol–water partition coefficient (Wildman–Crippen LogP) is 1.17. The molecular formula is C11H8N4O3. The largest absolute Gasteiger partial charge is 0.476 e. The summed E-state index contributed by atoms with van der Waals surface area (Å²) >= 11 is 0. The maximum Gasteiger partial charge on any atom is 0.358 e. The van der Waals surface area contributed by atoms with Crippen LogP contribution in [0.5, 0.6) is 0 Å². The molecule has 0 fully saturated rings. The molecule has 18 heavy (non-hydrogen) atoms. The van der Waals surface area contributed by atoms with Crippen molar-refractivity contribution in [2.75, 3.05) is 0 Å². The molecule has 1 N–H and O–H groups in total. The lowest BCUT2D eigenvalue weighted by molar-refractivity contribution is 0.0690. The Labute approximate surface area is 101 Å². The van der Waals surface area contributed by atoms with Crippen molar-refractivity contribution in [1.82, 2.24) is 20.0 Å². The molecule has 7 heteroatoms. The molecule has 0 aliphatic heterocycles. The van der Waals surface area contributed by atoms with Gasteiger partial charge in [0.2, 0.25) is 5.89 Å². The molecule has 1 aromatic carbocycles. The van der Waals surface area contributed by atoms with Gasteiger partial charge in [-0.15, -0.1) is 5.10 Å². The molecule has 2 heterocycles. The van der Waals surface area contributed by atoms with Gasteiger partial charge in [-0.25, -0.2) is 14.5 Å². The normalized spacial score (nSPS) is 10.9. The molecule has 2 aromatic heterocycles. The lowest BCUT2D eigenvalue weighted by Gasteiger charge is -1.92. The summed E-state index contributed by atoms with van der Waals surface area (Å²) in [6.45, 7) is 0.245. The average Bonchev–Trinajstić information content (AvgIpc) is 2.94. The molecule has 0 bridgehead atoms. The number of aromatic nitrogens is 4. The maximum absolute atomic E-state index is 10.7. The smallest absolute Gasteiger partial charge is 0.358 e. The van der Waals surface area contributed by atoms with Crippen molar-refractivity contribution in [1.29, 1.82) is 0 Å². The molecule has 0 radical (unpaired) electrons. The molecule has 0 amide bonds. The van der Waals surface area contributed by atoms with Gasteiger partial charge < -0.3 is 9.52 Å². The Morgan fingerprint density at radius 1 is 1.39 bits per heavy atom. The lowest BCUT2D eigenvalue weighted by Crippen LogP contribution is -2.00. The van der Waals surface area contributed by atoms with Gasteiger partial charge in [-0.2, -0.15) is 0 Å². The number of oxazole rings is 1. The van der Waals surface area contributed by atoms with E-state index in [-0.39, 0.29) is 12.2 Å². The van der Waals surface area contributed by atoms with Crippen LogP contribution in [0.25, 0.3) is 11.1 Å². The second-order valence-corrected chi connectivity index (χ2v) is 3.68. The Morgan fingerprint density at radius 3 is 2.94 bits per heavy atom. The molecule has 0 atom stereocenters. The second-order valence-electron chi connectivity index (χ2n) is 3.68. The van der Waals surface area contributed by atoms with Gasteiger partial charge in [0.15, 0.2) is 11.3 Å². The fourth-order valence-corrected chi connectivity index (χ4v) is 1.60. The molecule has 90 valence electrons. The van der Waals surface area contributed by atoms with Gasteiger partial charge in [0.05, 0.1) is 6.20 Å². The Kier molecular flexibility index (Phi) is 2.30. The monoisotopic (exact) mass is 244 g/mol. The van der Waals surface area contributed by atoms with Crippen LogP contribution in [-0.4, -0.2) is 31.1 Å². The highest BCUT2D eigenvalue weighted by Gasteiger charge is 2.11. The van der Waals surface area contributed by atoms with Gasteiger partial charge >= 0.3 is 5.97 Å². The van der Waals surface area contributed by atoms with Crippen LogP contribution in [0.2, 0.25) is 0 Å². The number of carboxylic acid groups (broad SMARTS) is 1. The molecule has 3 aromatic rings. The number of nitrogens with zero attached hydrogens (tertiary/aromatic N) is 4. The van der Waals surface area contributed by atoms with E-state index in [1.54, 1.807) is 0 Å². The minimum atomic E-state index is -1.11. The molecule has 3 rings (SSSR count). The number of carbonyl (C=O) groups is 1. The summed E-state index contributed by atoms with van der Waals surface area (Å²) in [5.74, 6) is -0.656. The van der Waals surface area contributed by atoms with E-state index in [1.165, 1.54) is 10.9 Å². The van der Waals surface area contributed by atoms with Crippen molar-refractivity contribution < 1.29 is 14.3 Å². The van der Waals surface area contributed by atoms with Gasteiger partial charge in [0.1, 0.15) is 12.1 Å². The first-order chi connectivity index (χ1) is 8.72. The summed E-state index contributed by atoms with van der Waals surface area (Å²) in [6, 6.07) is 7.38. The van der Waals surface area contributed by atoms with Crippen LogP contribution in [-0.2, 0) is 6.54 Å². The molecule has 0 saturated heterocycles. The summed E-state index contributed by atoms with van der Waals surface area (Å²) in [5, 5.41) is 15.9. The zero-order chi connectivity index (χ0) is 12.5. The molecule has 0 spiro atoms. The quantitative estimate of drug-likeness (QED) is 0.743. The van der Waals surface area contributed by atoms with Crippen LogP contribution in [0.15, 0.2) is 34.9 Å². The number of aromatic carboxylic acids is 1. The fourth-order valence-electron chi connectivity index (χ4n) is 1.60. The van der Waals surface area contributed by atoms with Crippen molar-refractivity contribution in [2.45, 2.75) is 6.54 Å². The van der Waals surface area contributed by atoms with Crippen molar-refractivity contribution in [3.63, 3.8) is 0 Å². The van der Waals surface area contributed by atoms with Crippen molar-refractivity contribution in [3.8, 4) is 0 Å². The second kappa shape index (κ2) is 3.95. The topological polar surface area (TPSA) is 94.0 Å². The van der Waals surface area contributed by atoms with Gasteiger partial charge in [-0.1, -0.05) is 17.3 Å². The van der Waals surface area contributed by atoms with Crippen LogP contribution < -0.4 is 0 Å². The average molecular weight is 244 g/mol. The highest BCUT2D eigenvalue weighted by Crippen LogP contribution is 2.15. The van der Waals surface area contributed by atoms with Crippen LogP contribution >= 0.6 is 0 Å². The van der Waals surface area contributed by atoms with Crippen molar-refractivity contribution in [2.24, 2.45) is 0 Å². The van der Waals surface area contributed by atoms with Crippen LogP contribution in [0, 0.1) is 0 Å². The summed E-state index contributed by atoms with van der Waals surface area (Å²) in [4.78, 5) is 14.9. The van der Waals surface area contributed by atoms with Crippen LogP contribution in [0.1, 0.15) is 16.4 Å². The molecule has 7 nitrogen and oxygen atoms in total. The van der Waals surface area contributed by atoms with E-state index in [9.17, 15) is 4.79 Å². The maximum atomic E-state index is 10.7. The summed E-state index contributed by atoms with van der Waals surface area (Å²) in [6.07, 6.45) is 1.33. The van der Waals surface area contributed by atoms with Crippen molar-refractivity contribution >= 4 is 17.1 Å². The highest BCUT2D eigenvalue weighted by atomic mass is 16.4. The van der Waals surface area contributed by atoms with E-state index in [4.69, 9.17) is 9.52 Å². The first-order valence-electron chi connectivity index (χ1n) is 5.20. The summed E-state index contributed by atoms with van der Waals surface area (Å²) < 4.78 is 6.86. The third kappa shape index (κ3) is 1.81. The molecule has 0 aliphatic carbocycles. The van der Waals surface area contributed by atoms with E-state index in [2.05, 4.69) is 15.3 Å². The SMILES string of the molecule is O=C(O)c1cn(Cc2nc3ccccc3o2)nn1. The number of hydrogen-bond acceptors (Lipinski definition) is 5. The number of fused-ring (bicyclic) bond motifs is 1. The van der Waals surface area contributed by atoms with Gasteiger partial charge in [0, 0.05) is 0 Å². The van der Waals surface area contributed by atoms with E-state index < -0.39 is 5.97 Å². The molecule has 0 aliphatic rings. The van der Waals surface area contributed by atoms with Gasteiger partial charge in [-0.3, -0.25) is 0 Å². The third-order valence-corrected chi connectivity index (χ3v) is 2.39. The standard InChI is InChI=1S/C11H8N4O3/c16-11(17)8-5-15(14-13-8)6-10-12-7-3-1-2-4-9(7)18-10/h1-5H,6H2,(H,16,17). The summed E-state index contributed by atoms with van der Waals surface area (Å²) in [7, 11) is 0. The molecular weight excluding hydrogens is 236 g/mol. The van der Waals surface area contributed by atoms with E-state index in [0.29, 0.717) is 11.5 Å². The molecule has 0 unspecified atom stereocenters. The zero-order valence-electron chi connectivity index (χ0n) is 9.15. The predicted molar refractivity (Wildman–Crippen MR) is 60.1 cm³/mol. The third-order valence-electron chi connectivity index (χ3n) is 2.39. The Bertz CT molecular complexity index is 683. The van der Waals surface area contributed by atoms with E-state index >= 15 is 0 Å². The lowest BCUT2D eigenvalue weighted by atomic mass is 10.3. The Hall–Kier alpha value is -2.70. The number of para-hydroxylation sites is 2. The fraction of sp³-hybridized carbons (Fsp3) is 0.0909. The number of carboxylic acids is 1. The minimum Gasteiger partial charge on any atom is -0.476 e.